The number of hydrogen-bond acceptors (Lipinski definition) is 2. The molecule has 1 saturated heterocycles. The van der Waals surface area contributed by atoms with E-state index in [4.69, 9.17) is 0 Å². The molecule has 0 unspecified atom stereocenters. The molecule has 2 saturated carbocycles. The molecule has 102 valence electrons. The molecule has 1 spiro atoms. The third-order valence-electron chi connectivity index (χ3n) is 5.29. The van der Waals surface area contributed by atoms with Crippen molar-refractivity contribution in [2.45, 2.75) is 69.7 Å². The summed E-state index contributed by atoms with van der Waals surface area (Å²) in [6, 6.07) is 0. The molecule has 0 radical (unpaired) electrons. The van der Waals surface area contributed by atoms with Crippen LogP contribution in [-0.2, 0) is 4.79 Å². The average molecular weight is 250 g/mol. The average Bonchev–Trinajstić information content (AvgIpc) is 3.00. The van der Waals surface area contributed by atoms with Gasteiger partial charge in [0, 0.05) is 6.54 Å². The van der Waals surface area contributed by atoms with E-state index < -0.39 is 0 Å². The minimum atomic E-state index is -0.146. The number of nitrogens with one attached hydrogen (secondary N) is 1. The lowest BCUT2D eigenvalue weighted by Crippen LogP contribution is -2.44. The zero-order valence-electron chi connectivity index (χ0n) is 11.4. The number of carbonyl (C=O) groups excluding carboxylic acids is 1. The van der Waals surface area contributed by atoms with E-state index in [1.165, 1.54) is 51.4 Å². The van der Waals surface area contributed by atoms with Crippen LogP contribution in [0.5, 0.6) is 0 Å². The van der Waals surface area contributed by atoms with E-state index in [0.29, 0.717) is 5.91 Å². The second kappa shape index (κ2) is 5.20. The third-order valence-corrected chi connectivity index (χ3v) is 5.29. The second-order valence-corrected chi connectivity index (χ2v) is 6.49. The lowest BCUT2D eigenvalue weighted by Gasteiger charge is -2.25. The first kappa shape index (κ1) is 12.5. The fourth-order valence-electron chi connectivity index (χ4n) is 4.06. The Morgan fingerprint density at radius 1 is 1.11 bits per heavy atom. The van der Waals surface area contributed by atoms with Gasteiger partial charge in [-0.1, -0.05) is 44.9 Å². The van der Waals surface area contributed by atoms with Crippen molar-refractivity contribution in [3.63, 3.8) is 0 Å². The van der Waals surface area contributed by atoms with Crippen LogP contribution in [0.15, 0.2) is 0 Å². The second-order valence-electron chi connectivity index (χ2n) is 6.49. The van der Waals surface area contributed by atoms with Gasteiger partial charge in [-0.3, -0.25) is 10.1 Å². The Bertz CT molecular complexity index is 304. The maximum atomic E-state index is 12.5. The Balaban J connectivity index is 1.50. The molecule has 0 atom stereocenters. The number of rotatable bonds is 3. The van der Waals surface area contributed by atoms with Crippen molar-refractivity contribution in [3.05, 3.63) is 0 Å². The first-order valence-electron chi connectivity index (χ1n) is 7.85. The molecule has 1 amide bonds. The van der Waals surface area contributed by atoms with Gasteiger partial charge < -0.3 is 4.90 Å². The van der Waals surface area contributed by atoms with Crippen LogP contribution >= 0.6 is 0 Å². The van der Waals surface area contributed by atoms with Crippen molar-refractivity contribution < 1.29 is 4.79 Å². The summed E-state index contributed by atoms with van der Waals surface area (Å²) in [5.41, 5.74) is -0.146. The monoisotopic (exact) mass is 250 g/mol. The van der Waals surface area contributed by atoms with Crippen molar-refractivity contribution in [1.29, 1.82) is 0 Å². The third kappa shape index (κ3) is 2.29. The Kier molecular flexibility index (Phi) is 3.60. The SMILES string of the molecule is O=C1N(CCC2CCCCC2)CNC12CCCC2. The fourth-order valence-corrected chi connectivity index (χ4v) is 4.06. The molecular formula is C15H26N2O. The van der Waals surface area contributed by atoms with E-state index >= 15 is 0 Å². The van der Waals surface area contributed by atoms with E-state index in [2.05, 4.69) is 10.2 Å². The van der Waals surface area contributed by atoms with E-state index in [0.717, 1.165) is 32.0 Å². The van der Waals surface area contributed by atoms with Crippen molar-refractivity contribution in [2.75, 3.05) is 13.2 Å². The number of hydrogen-bond donors (Lipinski definition) is 1. The lowest BCUT2D eigenvalue weighted by atomic mass is 9.87. The van der Waals surface area contributed by atoms with E-state index in [9.17, 15) is 4.79 Å². The van der Waals surface area contributed by atoms with Crippen LogP contribution in [0.3, 0.4) is 0 Å². The summed E-state index contributed by atoms with van der Waals surface area (Å²) < 4.78 is 0. The van der Waals surface area contributed by atoms with E-state index in [-0.39, 0.29) is 5.54 Å². The van der Waals surface area contributed by atoms with Gasteiger partial charge in [-0.2, -0.15) is 0 Å². The van der Waals surface area contributed by atoms with Crippen LogP contribution in [0.1, 0.15) is 64.2 Å². The standard InChI is InChI=1S/C15H26N2O/c18-14-15(9-4-5-10-15)16-12-17(14)11-8-13-6-2-1-3-7-13/h13,16H,1-12H2. The Labute approximate surface area is 110 Å². The molecular weight excluding hydrogens is 224 g/mol. The predicted molar refractivity (Wildman–Crippen MR) is 72.1 cm³/mol. The van der Waals surface area contributed by atoms with Crippen molar-refractivity contribution in [3.8, 4) is 0 Å². The molecule has 1 heterocycles. The van der Waals surface area contributed by atoms with Crippen molar-refractivity contribution >= 4 is 5.91 Å². The highest BCUT2D eigenvalue weighted by Crippen LogP contribution is 2.35. The summed E-state index contributed by atoms with van der Waals surface area (Å²) in [7, 11) is 0. The summed E-state index contributed by atoms with van der Waals surface area (Å²) in [5.74, 6) is 1.28. The molecule has 3 aliphatic rings. The molecule has 1 aliphatic heterocycles. The first-order chi connectivity index (χ1) is 8.80. The molecule has 0 aromatic carbocycles. The van der Waals surface area contributed by atoms with Crippen LogP contribution in [0, 0.1) is 5.92 Å². The van der Waals surface area contributed by atoms with Gasteiger partial charge in [0.05, 0.1) is 12.2 Å². The molecule has 0 bridgehead atoms. The molecule has 18 heavy (non-hydrogen) atoms. The van der Waals surface area contributed by atoms with Crippen LogP contribution in [-0.4, -0.2) is 29.6 Å². The Morgan fingerprint density at radius 3 is 2.56 bits per heavy atom. The smallest absolute Gasteiger partial charge is 0.243 e. The number of carbonyl (C=O) groups is 1. The van der Waals surface area contributed by atoms with Crippen LogP contribution < -0.4 is 5.32 Å². The first-order valence-corrected chi connectivity index (χ1v) is 7.85. The molecule has 3 heteroatoms. The van der Waals surface area contributed by atoms with Crippen LogP contribution in [0.2, 0.25) is 0 Å². The van der Waals surface area contributed by atoms with Gasteiger partial charge in [0.1, 0.15) is 0 Å². The topological polar surface area (TPSA) is 32.3 Å². The number of amides is 1. The molecule has 0 aromatic heterocycles. The highest BCUT2D eigenvalue weighted by atomic mass is 16.2. The quantitative estimate of drug-likeness (QED) is 0.835. The Hall–Kier alpha value is -0.570. The van der Waals surface area contributed by atoms with Gasteiger partial charge in [-0.25, -0.2) is 0 Å². The maximum Gasteiger partial charge on any atom is 0.243 e. The van der Waals surface area contributed by atoms with Crippen molar-refractivity contribution in [2.24, 2.45) is 5.92 Å². The normalized spacial score (nSPS) is 28.4. The molecule has 3 nitrogen and oxygen atoms in total. The summed E-state index contributed by atoms with van der Waals surface area (Å²) in [5, 5.41) is 3.50. The van der Waals surface area contributed by atoms with Crippen LogP contribution in [0.25, 0.3) is 0 Å². The van der Waals surface area contributed by atoms with E-state index in [1.807, 2.05) is 0 Å². The van der Waals surface area contributed by atoms with Gasteiger partial charge >= 0.3 is 0 Å². The summed E-state index contributed by atoms with van der Waals surface area (Å²) in [6.07, 6.45) is 12.8. The van der Waals surface area contributed by atoms with Gasteiger partial charge in [0.2, 0.25) is 5.91 Å². The lowest BCUT2D eigenvalue weighted by molar-refractivity contribution is -0.132. The van der Waals surface area contributed by atoms with Crippen LogP contribution in [0.4, 0.5) is 0 Å². The predicted octanol–water partition coefficient (Wildman–Crippen LogP) is 2.66. The fraction of sp³-hybridized carbons (Fsp3) is 0.933. The minimum Gasteiger partial charge on any atom is -0.328 e. The molecule has 0 aromatic rings. The van der Waals surface area contributed by atoms with Gasteiger partial charge in [-0.15, -0.1) is 0 Å². The van der Waals surface area contributed by atoms with Gasteiger partial charge in [0.15, 0.2) is 0 Å². The van der Waals surface area contributed by atoms with E-state index in [1.54, 1.807) is 0 Å². The van der Waals surface area contributed by atoms with Gasteiger partial charge in [-0.05, 0) is 25.2 Å². The largest absolute Gasteiger partial charge is 0.328 e. The molecule has 1 N–H and O–H groups in total. The van der Waals surface area contributed by atoms with Gasteiger partial charge in [0.25, 0.3) is 0 Å². The zero-order chi connectivity index (χ0) is 12.4. The summed E-state index contributed by atoms with van der Waals surface area (Å²) in [6.45, 7) is 1.78. The Morgan fingerprint density at radius 2 is 1.83 bits per heavy atom. The number of nitrogens with zero attached hydrogens (tertiary/aromatic N) is 1. The van der Waals surface area contributed by atoms with Crippen molar-refractivity contribution in [1.82, 2.24) is 10.2 Å². The highest BCUT2D eigenvalue weighted by molar-refractivity contribution is 5.88. The maximum absolute atomic E-state index is 12.5. The zero-order valence-corrected chi connectivity index (χ0v) is 11.4. The summed E-state index contributed by atoms with van der Waals surface area (Å²) >= 11 is 0. The minimum absolute atomic E-state index is 0.146. The molecule has 3 fully saturated rings. The molecule has 3 rings (SSSR count). The summed E-state index contributed by atoms with van der Waals surface area (Å²) in [4.78, 5) is 14.5. The highest BCUT2D eigenvalue weighted by Gasteiger charge is 2.47. The molecule has 2 aliphatic carbocycles.